The first kappa shape index (κ1) is 13.5. The Bertz CT molecular complexity index is 576. The Labute approximate surface area is 141 Å². The van der Waals surface area contributed by atoms with E-state index in [2.05, 4.69) is 44.2 Å². The van der Waals surface area contributed by atoms with Gasteiger partial charge in [-0.1, -0.05) is 44.2 Å². The predicted octanol–water partition coefficient (Wildman–Crippen LogP) is 5.67. The lowest BCUT2D eigenvalue weighted by atomic mass is 9.29. The number of hydrogen-bond donors (Lipinski definition) is 0. The van der Waals surface area contributed by atoms with Gasteiger partial charge < -0.3 is 0 Å². The molecule has 23 heavy (non-hydrogen) atoms. The van der Waals surface area contributed by atoms with Crippen LogP contribution in [0.4, 0.5) is 0 Å². The molecule has 0 aliphatic heterocycles. The lowest BCUT2D eigenvalue weighted by Gasteiger charge is -2.75. The lowest BCUT2D eigenvalue weighted by molar-refractivity contribution is -0.249. The van der Waals surface area contributed by atoms with Crippen LogP contribution in [0.5, 0.6) is 0 Å². The molecule has 0 saturated heterocycles. The summed E-state index contributed by atoms with van der Waals surface area (Å²) < 4.78 is 0. The van der Waals surface area contributed by atoms with Gasteiger partial charge in [-0.25, -0.2) is 0 Å². The Balaban J connectivity index is 1.44. The molecule has 7 aliphatic rings. The van der Waals surface area contributed by atoms with Gasteiger partial charge in [0.1, 0.15) is 0 Å². The minimum absolute atomic E-state index is 0.569. The molecule has 1 aromatic carbocycles. The molecule has 8 rings (SSSR count). The van der Waals surface area contributed by atoms with Crippen LogP contribution in [0.15, 0.2) is 30.3 Å². The van der Waals surface area contributed by atoms with Gasteiger partial charge in [-0.3, -0.25) is 0 Å². The van der Waals surface area contributed by atoms with Crippen molar-refractivity contribution in [1.29, 1.82) is 0 Å². The molecule has 8 bridgehead atoms. The second-order valence-electron chi connectivity index (χ2n) is 10.4. The van der Waals surface area contributed by atoms with E-state index in [9.17, 15) is 0 Å². The van der Waals surface area contributed by atoms with E-state index in [0.717, 1.165) is 46.8 Å². The first-order valence-electron chi connectivity index (χ1n) is 10.2. The Morgan fingerprint density at radius 2 is 1.13 bits per heavy atom. The zero-order valence-corrected chi connectivity index (χ0v) is 14.7. The second-order valence-corrected chi connectivity index (χ2v) is 10.4. The van der Waals surface area contributed by atoms with E-state index in [1.54, 1.807) is 24.8 Å². The molecule has 0 amide bonds. The van der Waals surface area contributed by atoms with Crippen molar-refractivity contribution >= 4 is 0 Å². The highest BCUT2D eigenvalue weighted by Gasteiger charge is 2.70. The fourth-order valence-electron chi connectivity index (χ4n) is 8.84. The Hall–Kier alpha value is -0.780. The average molecular weight is 306 g/mol. The van der Waals surface area contributed by atoms with E-state index in [0.29, 0.717) is 5.41 Å². The van der Waals surface area contributed by atoms with Crippen LogP contribution >= 0.6 is 0 Å². The van der Waals surface area contributed by atoms with E-state index in [1.165, 1.54) is 19.3 Å². The minimum Gasteiger partial charge on any atom is -0.0622 e. The Kier molecular flexibility index (Phi) is 2.38. The fraction of sp³-hybridized carbons (Fsp3) is 0.739. The van der Waals surface area contributed by atoms with E-state index < -0.39 is 0 Å². The molecule has 1 aromatic rings. The maximum atomic E-state index is 2.53. The standard InChI is InChI=1S/C23H30/c1-14(2)22-8-16-19-11-23(15-6-4-3-5-7-15)12-20(16)18(10-22)21(13-23)17(19)9-22/h3-7,14,16-21H,8-13H2,1-2H3. The molecule has 7 aliphatic carbocycles. The highest BCUT2D eigenvalue weighted by molar-refractivity contribution is 5.32. The molecule has 0 spiro atoms. The van der Waals surface area contributed by atoms with Crippen LogP contribution in [0.25, 0.3) is 0 Å². The molecular weight excluding hydrogens is 276 g/mol. The molecule has 122 valence electrons. The summed E-state index contributed by atoms with van der Waals surface area (Å²) in [7, 11) is 0. The summed E-state index contributed by atoms with van der Waals surface area (Å²) in [5.74, 6) is 7.45. The Morgan fingerprint density at radius 3 is 1.57 bits per heavy atom. The monoisotopic (exact) mass is 306 g/mol. The van der Waals surface area contributed by atoms with Crippen molar-refractivity contribution in [1.82, 2.24) is 0 Å². The zero-order chi connectivity index (χ0) is 15.4. The highest BCUT2D eigenvalue weighted by atomic mass is 14.7. The first-order valence-corrected chi connectivity index (χ1v) is 10.2. The molecular formula is C23H30. The molecule has 0 heterocycles. The lowest BCUT2D eigenvalue weighted by Crippen LogP contribution is -2.69. The van der Waals surface area contributed by atoms with Crippen molar-refractivity contribution in [3.05, 3.63) is 35.9 Å². The zero-order valence-electron chi connectivity index (χ0n) is 14.7. The molecule has 0 radical (unpaired) electrons. The summed E-state index contributed by atoms with van der Waals surface area (Å²) >= 11 is 0. The largest absolute Gasteiger partial charge is 0.0622 e. The van der Waals surface area contributed by atoms with Crippen LogP contribution in [0, 0.1) is 46.8 Å². The van der Waals surface area contributed by atoms with Gasteiger partial charge in [0.25, 0.3) is 0 Å². The predicted molar refractivity (Wildman–Crippen MR) is 94.0 cm³/mol. The van der Waals surface area contributed by atoms with Crippen molar-refractivity contribution in [2.45, 2.75) is 57.8 Å². The van der Waals surface area contributed by atoms with Crippen molar-refractivity contribution in [3.63, 3.8) is 0 Å². The topological polar surface area (TPSA) is 0 Å². The third-order valence-corrected chi connectivity index (χ3v) is 9.72. The molecule has 0 aromatic heterocycles. The van der Waals surface area contributed by atoms with E-state index in [-0.39, 0.29) is 0 Å². The van der Waals surface area contributed by atoms with Crippen LogP contribution in [-0.2, 0) is 5.41 Å². The molecule has 0 heteroatoms. The van der Waals surface area contributed by atoms with Crippen molar-refractivity contribution in [2.24, 2.45) is 46.8 Å². The summed E-state index contributed by atoms with van der Waals surface area (Å²) in [5.41, 5.74) is 3.00. The normalized spacial score (nSPS) is 55.1. The van der Waals surface area contributed by atoms with E-state index in [4.69, 9.17) is 0 Å². The van der Waals surface area contributed by atoms with E-state index in [1.807, 2.05) is 0 Å². The smallest absolute Gasteiger partial charge is 0.00385 e. The number of rotatable bonds is 2. The number of hydrogen-bond acceptors (Lipinski definition) is 0. The van der Waals surface area contributed by atoms with Gasteiger partial charge in [-0.15, -0.1) is 0 Å². The maximum absolute atomic E-state index is 2.53. The Morgan fingerprint density at radius 1 is 0.696 bits per heavy atom. The van der Waals surface area contributed by atoms with Crippen LogP contribution in [0.2, 0.25) is 0 Å². The van der Waals surface area contributed by atoms with Crippen LogP contribution in [0.3, 0.4) is 0 Å². The molecule has 0 atom stereocenters. The van der Waals surface area contributed by atoms with Crippen molar-refractivity contribution in [2.75, 3.05) is 0 Å². The van der Waals surface area contributed by atoms with Gasteiger partial charge in [0, 0.05) is 0 Å². The molecule has 7 saturated carbocycles. The molecule has 0 nitrogen and oxygen atoms in total. The van der Waals surface area contributed by atoms with Gasteiger partial charge in [-0.05, 0) is 96.3 Å². The van der Waals surface area contributed by atoms with Gasteiger partial charge in [0.05, 0.1) is 0 Å². The average Bonchev–Trinajstić information content (AvgIpc) is 2.59. The van der Waals surface area contributed by atoms with Crippen LogP contribution in [0.1, 0.15) is 57.9 Å². The summed E-state index contributed by atoms with van der Waals surface area (Å²) in [6.07, 6.45) is 9.35. The van der Waals surface area contributed by atoms with Gasteiger partial charge in [0.2, 0.25) is 0 Å². The van der Waals surface area contributed by atoms with Gasteiger partial charge in [-0.2, -0.15) is 0 Å². The SMILES string of the molecule is CC(C)C12CC3C4CC5(c6ccccc6)CC3C(C1)C(C5)C4C2. The summed E-state index contributed by atoms with van der Waals surface area (Å²) in [6, 6.07) is 11.6. The third-order valence-electron chi connectivity index (χ3n) is 9.72. The fourth-order valence-corrected chi connectivity index (χ4v) is 8.84. The van der Waals surface area contributed by atoms with Gasteiger partial charge in [0.15, 0.2) is 0 Å². The first-order chi connectivity index (χ1) is 11.1. The quantitative estimate of drug-likeness (QED) is 0.660. The van der Waals surface area contributed by atoms with Gasteiger partial charge >= 0.3 is 0 Å². The highest BCUT2D eigenvalue weighted by Crippen LogP contribution is 2.77. The molecule has 7 fully saturated rings. The summed E-state index contributed by atoms with van der Waals surface area (Å²) in [5, 5.41) is 0. The van der Waals surface area contributed by atoms with Crippen molar-refractivity contribution in [3.8, 4) is 0 Å². The summed E-state index contributed by atoms with van der Waals surface area (Å²) in [4.78, 5) is 0. The third kappa shape index (κ3) is 1.46. The summed E-state index contributed by atoms with van der Waals surface area (Å²) in [6.45, 7) is 5.05. The maximum Gasteiger partial charge on any atom is -0.00385 e. The number of benzene rings is 1. The molecule has 0 unspecified atom stereocenters. The second kappa shape index (κ2) is 4.06. The molecule has 0 N–H and O–H groups in total. The minimum atomic E-state index is 0.569. The van der Waals surface area contributed by atoms with Crippen LogP contribution < -0.4 is 0 Å². The van der Waals surface area contributed by atoms with Crippen LogP contribution in [-0.4, -0.2) is 0 Å². The van der Waals surface area contributed by atoms with Crippen molar-refractivity contribution < 1.29 is 0 Å². The van der Waals surface area contributed by atoms with E-state index >= 15 is 0 Å².